The van der Waals surface area contributed by atoms with Crippen molar-refractivity contribution in [1.82, 2.24) is 5.48 Å². The van der Waals surface area contributed by atoms with Crippen LogP contribution in [0.25, 0.3) is 10.4 Å². The molecule has 0 saturated carbocycles. The van der Waals surface area contributed by atoms with Gasteiger partial charge in [-0.2, -0.15) is 0 Å². The van der Waals surface area contributed by atoms with Crippen LogP contribution in [0, 0.1) is 0 Å². The molecule has 20 heavy (non-hydrogen) atoms. The highest BCUT2D eigenvalue weighted by molar-refractivity contribution is 9.10. The van der Waals surface area contributed by atoms with Crippen LogP contribution in [0.15, 0.2) is 40.2 Å². The van der Waals surface area contributed by atoms with E-state index in [4.69, 9.17) is 4.84 Å². The highest BCUT2D eigenvalue weighted by Crippen LogP contribution is 2.30. The van der Waals surface area contributed by atoms with E-state index in [1.54, 1.807) is 0 Å². The number of halogens is 1. The summed E-state index contributed by atoms with van der Waals surface area (Å²) < 4.78 is 1.01. The van der Waals surface area contributed by atoms with Crippen molar-refractivity contribution in [3.63, 3.8) is 0 Å². The van der Waals surface area contributed by atoms with E-state index in [0.717, 1.165) is 14.9 Å². The fourth-order valence-electron chi connectivity index (χ4n) is 1.57. The van der Waals surface area contributed by atoms with Crippen LogP contribution in [0.5, 0.6) is 0 Å². The van der Waals surface area contributed by atoms with Gasteiger partial charge in [-0.1, -0.05) is 28.1 Å². The Kier molecular flexibility index (Phi) is 4.62. The molecule has 0 aliphatic carbocycles. The zero-order valence-electron chi connectivity index (χ0n) is 11.6. The van der Waals surface area contributed by atoms with Crippen molar-refractivity contribution in [2.75, 3.05) is 0 Å². The van der Waals surface area contributed by atoms with E-state index in [9.17, 15) is 4.79 Å². The van der Waals surface area contributed by atoms with E-state index in [-0.39, 0.29) is 5.91 Å². The first-order valence-corrected chi connectivity index (χ1v) is 7.86. The number of carbonyl (C=O) groups is 1. The lowest BCUT2D eigenvalue weighted by molar-refractivity contribution is -0.0589. The Bertz CT molecular complexity index is 599. The maximum atomic E-state index is 12.2. The van der Waals surface area contributed by atoms with E-state index in [1.165, 1.54) is 11.3 Å². The topological polar surface area (TPSA) is 38.3 Å². The fraction of sp³-hybridized carbons (Fsp3) is 0.267. The molecule has 2 rings (SSSR count). The molecule has 1 N–H and O–H groups in total. The molecule has 0 atom stereocenters. The molecule has 5 heteroatoms. The number of nitrogens with one attached hydrogen (secondary N) is 1. The van der Waals surface area contributed by atoms with Crippen LogP contribution in [-0.4, -0.2) is 11.5 Å². The molecule has 1 aromatic carbocycles. The van der Waals surface area contributed by atoms with Gasteiger partial charge in [-0.25, -0.2) is 5.48 Å². The van der Waals surface area contributed by atoms with Crippen LogP contribution in [0.1, 0.15) is 31.1 Å². The number of rotatable bonds is 3. The van der Waals surface area contributed by atoms with Crippen molar-refractivity contribution in [1.29, 1.82) is 0 Å². The zero-order chi connectivity index (χ0) is 14.8. The van der Waals surface area contributed by atoms with Crippen molar-refractivity contribution in [2.24, 2.45) is 0 Å². The highest BCUT2D eigenvalue weighted by atomic mass is 79.9. The van der Waals surface area contributed by atoms with E-state index in [2.05, 4.69) is 21.4 Å². The quantitative estimate of drug-likeness (QED) is 0.816. The SMILES string of the molecule is CC(C)(C)ONC(=O)c1ccsc1-c1ccc(Br)cc1. The number of hydrogen-bond donors (Lipinski definition) is 1. The summed E-state index contributed by atoms with van der Waals surface area (Å²) in [7, 11) is 0. The Hall–Kier alpha value is -1.17. The van der Waals surface area contributed by atoms with Crippen LogP contribution in [0.3, 0.4) is 0 Å². The van der Waals surface area contributed by atoms with E-state index >= 15 is 0 Å². The van der Waals surface area contributed by atoms with E-state index in [0.29, 0.717) is 5.56 Å². The minimum absolute atomic E-state index is 0.223. The molecule has 1 amide bonds. The number of hydroxylamine groups is 1. The van der Waals surface area contributed by atoms with Gasteiger partial charge in [0, 0.05) is 9.35 Å². The fourth-order valence-corrected chi connectivity index (χ4v) is 2.73. The third-order valence-corrected chi connectivity index (χ3v) is 3.96. The lowest BCUT2D eigenvalue weighted by Crippen LogP contribution is -2.33. The van der Waals surface area contributed by atoms with Crippen LogP contribution in [-0.2, 0) is 4.84 Å². The first-order valence-electron chi connectivity index (χ1n) is 6.18. The molecule has 0 radical (unpaired) electrons. The minimum Gasteiger partial charge on any atom is -0.268 e. The molecule has 1 aromatic heterocycles. The van der Waals surface area contributed by atoms with Crippen LogP contribution in [0.2, 0.25) is 0 Å². The maximum Gasteiger partial charge on any atom is 0.276 e. The summed E-state index contributed by atoms with van der Waals surface area (Å²) in [5.41, 5.74) is 3.74. The van der Waals surface area contributed by atoms with Gasteiger partial charge in [0.1, 0.15) is 0 Å². The van der Waals surface area contributed by atoms with E-state index < -0.39 is 5.60 Å². The standard InChI is InChI=1S/C15H16BrNO2S/c1-15(2,3)19-17-14(18)12-8-9-20-13(12)10-4-6-11(16)7-5-10/h4-9H,1-3H3,(H,17,18). The molecule has 0 saturated heterocycles. The molecule has 3 nitrogen and oxygen atoms in total. The van der Waals surface area contributed by atoms with Gasteiger partial charge < -0.3 is 0 Å². The summed E-state index contributed by atoms with van der Waals surface area (Å²) in [4.78, 5) is 18.4. The Balaban J connectivity index is 2.20. The van der Waals surface area contributed by atoms with Gasteiger partial charge in [0.2, 0.25) is 0 Å². The van der Waals surface area contributed by atoms with Gasteiger partial charge in [0.15, 0.2) is 0 Å². The van der Waals surface area contributed by atoms with Crippen LogP contribution < -0.4 is 5.48 Å². The van der Waals surface area contributed by atoms with Gasteiger partial charge >= 0.3 is 0 Å². The average Bonchev–Trinajstić information content (AvgIpc) is 2.85. The molecule has 1 heterocycles. The first kappa shape index (κ1) is 15.2. The second-order valence-electron chi connectivity index (χ2n) is 5.32. The molecule has 2 aromatic rings. The molecule has 0 spiro atoms. The third kappa shape index (κ3) is 3.91. The van der Waals surface area contributed by atoms with Gasteiger partial charge in [-0.15, -0.1) is 11.3 Å². The number of carbonyl (C=O) groups excluding carboxylic acids is 1. The lowest BCUT2D eigenvalue weighted by Gasteiger charge is -2.19. The molecular weight excluding hydrogens is 338 g/mol. The largest absolute Gasteiger partial charge is 0.276 e. The predicted octanol–water partition coefficient (Wildman–Crippen LogP) is 4.64. The van der Waals surface area contributed by atoms with E-state index in [1.807, 2.05) is 56.5 Å². The van der Waals surface area contributed by atoms with Crippen molar-refractivity contribution in [3.05, 3.63) is 45.7 Å². The van der Waals surface area contributed by atoms with Gasteiger partial charge in [-0.3, -0.25) is 9.63 Å². The average molecular weight is 354 g/mol. The Morgan fingerprint density at radius 1 is 1.20 bits per heavy atom. The van der Waals surface area contributed by atoms with Gasteiger partial charge in [0.25, 0.3) is 5.91 Å². The summed E-state index contributed by atoms with van der Waals surface area (Å²) in [5, 5.41) is 1.91. The highest BCUT2D eigenvalue weighted by Gasteiger charge is 2.17. The zero-order valence-corrected chi connectivity index (χ0v) is 14.0. The number of benzene rings is 1. The summed E-state index contributed by atoms with van der Waals surface area (Å²) in [6.07, 6.45) is 0. The Morgan fingerprint density at radius 3 is 2.45 bits per heavy atom. The first-order chi connectivity index (χ1) is 9.37. The second kappa shape index (κ2) is 6.08. The third-order valence-electron chi connectivity index (χ3n) is 2.47. The summed E-state index contributed by atoms with van der Waals surface area (Å²) >= 11 is 4.95. The number of amides is 1. The summed E-state index contributed by atoms with van der Waals surface area (Å²) in [6, 6.07) is 9.70. The van der Waals surface area contributed by atoms with Crippen molar-refractivity contribution in [3.8, 4) is 10.4 Å². The molecule has 0 bridgehead atoms. The van der Waals surface area contributed by atoms with Crippen molar-refractivity contribution >= 4 is 33.2 Å². The summed E-state index contributed by atoms with van der Waals surface area (Å²) in [5.74, 6) is -0.223. The molecule has 106 valence electrons. The van der Waals surface area contributed by atoms with Crippen molar-refractivity contribution < 1.29 is 9.63 Å². The van der Waals surface area contributed by atoms with Gasteiger partial charge in [-0.05, 0) is 49.9 Å². The summed E-state index contributed by atoms with van der Waals surface area (Å²) in [6.45, 7) is 5.66. The van der Waals surface area contributed by atoms with Crippen molar-refractivity contribution in [2.45, 2.75) is 26.4 Å². The Morgan fingerprint density at radius 2 is 1.85 bits per heavy atom. The monoisotopic (exact) mass is 353 g/mol. The smallest absolute Gasteiger partial charge is 0.268 e. The Labute approximate surface area is 131 Å². The normalized spacial score (nSPS) is 11.4. The van der Waals surface area contributed by atoms with Gasteiger partial charge in [0.05, 0.1) is 11.2 Å². The van der Waals surface area contributed by atoms with Crippen LogP contribution >= 0.6 is 27.3 Å². The lowest BCUT2D eigenvalue weighted by atomic mass is 10.1. The predicted molar refractivity (Wildman–Crippen MR) is 85.8 cm³/mol. The number of hydrogen-bond acceptors (Lipinski definition) is 3. The molecule has 0 unspecified atom stereocenters. The minimum atomic E-state index is -0.413. The molecule has 0 fully saturated rings. The maximum absolute atomic E-state index is 12.2. The molecular formula is C15H16BrNO2S. The second-order valence-corrected chi connectivity index (χ2v) is 7.15. The van der Waals surface area contributed by atoms with Crippen LogP contribution in [0.4, 0.5) is 0 Å². The number of thiophene rings is 1. The molecule has 0 aliphatic rings. The molecule has 0 aliphatic heterocycles.